The Balaban J connectivity index is 1.91. The lowest BCUT2D eigenvalue weighted by Crippen LogP contribution is -2.33. The van der Waals surface area contributed by atoms with Gasteiger partial charge in [0.1, 0.15) is 0 Å². The van der Waals surface area contributed by atoms with E-state index in [-0.39, 0.29) is 11.9 Å². The molecule has 0 aliphatic carbocycles. The number of para-hydroxylation sites is 1. The van der Waals surface area contributed by atoms with Crippen LogP contribution in [0.15, 0.2) is 23.4 Å². The van der Waals surface area contributed by atoms with Gasteiger partial charge in [0, 0.05) is 6.04 Å². The van der Waals surface area contributed by atoms with E-state index in [1.165, 1.54) is 18.2 Å². The fraction of sp³-hybridized carbons (Fsp3) is 0.579. The van der Waals surface area contributed by atoms with Crippen molar-refractivity contribution in [1.29, 1.82) is 0 Å². The fourth-order valence-electron chi connectivity index (χ4n) is 2.90. The maximum atomic E-state index is 12.2. The van der Waals surface area contributed by atoms with Crippen molar-refractivity contribution >= 4 is 17.7 Å². The van der Waals surface area contributed by atoms with E-state index in [9.17, 15) is 4.79 Å². The Morgan fingerprint density at radius 2 is 1.88 bits per heavy atom. The zero-order valence-corrected chi connectivity index (χ0v) is 17.1. The minimum Gasteiger partial charge on any atom is -0.353 e. The highest BCUT2D eigenvalue weighted by atomic mass is 32.2. The number of hydrogen-bond donors (Lipinski definition) is 1. The van der Waals surface area contributed by atoms with E-state index < -0.39 is 0 Å². The smallest absolute Gasteiger partial charge is 0.230 e. The topological polar surface area (TPSA) is 72.7 Å². The van der Waals surface area contributed by atoms with Crippen LogP contribution >= 0.6 is 11.8 Å². The molecule has 1 N–H and O–H groups in total. The first-order valence-electron chi connectivity index (χ1n) is 9.15. The van der Waals surface area contributed by atoms with E-state index in [4.69, 9.17) is 0 Å². The van der Waals surface area contributed by atoms with Crippen molar-refractivity contribution in [3.05, 3.63) is 29.3 Å². The summed E-state index contributed by atoms with van der Waals surface area (Å²) in [6.07, 6.45) is 3.34. The van der Waals surface area contributed by atoms with Crippen LogP contribution in [0.2, 0.25) is 0 Å². The largest absolute Gasteiger partial charge is 0.353 e. The molecule has 26 heavy (non-hydrogen) atoms. The summed E-state index contributed by atoms with van der Waals surface area (Å²) in [7, 11) is 0. The van der Waals surface area contributed by atoms with Crippen molar-refractivity contribution in [3.8, 4) is 5.69 Å². The van der Waals surface area contributed by atoms with Gasteiger partial charge in [0.2, 0.25) is 11.1 Å². The Morgan fingerprint density at radius 3 is 2.54 bits per heavy atom. The number of thioether (sulfide) groups is 1. The van der Waals surface area contributed by atoms with Crippen molar-refractivity contribution < 1.29 is 4.79 Å². The summed E-state index contributed by atoms with van der Waals surface area (Å²) < 4.78 is 1.72. The predicted octanol–water partition coefficient (Wildman–Crippen LogP) is 3.70. The van der Waals surface area contributed by atoms with Crippen LogP contribution in [0.25, 0.3) is 5.69 Å². The Labute approximate surface area is 160 Å². The normalized spacial score (nSPS) is 12.4. The molecule has 2 rings (SSSR count). The first-order valence-corrected chi connectivity index (χ1v) is 10.1. The molecule has 1 atom stereocenters. The van der Waals surface area contributed by atoms with Crippen LogP contribution in [-0.4, -0.2) is 37.9 Å². The second-order valence-corrected chi connectivity index (χ2v) is 8.14. The van der Waals surface area contributed by atoms with Crippen LogP contribution in [0, 0.1) is 19.8 Å². The molecule has 1 aromatic carbocycles. The molecular formula is C19H29N5OS. The zero-order chi connectivity index (χ0) is 19.1. The number of nitrogens with one attached hydrogen (secondary N) is 1. The molecule has 1 heterocycles. The summed E-state index contributed by atoms with van der Waals surface area (Å²) in [4.78, 5) is 12.2. The molecular weight excluding hydrogens is 346 g/mol. The summed E-state index contributed by atoms with van der Waals surface area (Å²) >= 11 is 1.36. The van der Waals surface area contributed by atoms with Crippen molar-refractivity contribution in [3.63, 3.8) is 0 Å². The maximum absolute atomic E-state index is 12.2. The van der Waals surface area contributed by atoms with E-state index >= 15 is 0 Å². The quantitative estimate of drug-likeness (QED) is 0.677. The van der Waals surface area contributed by atoms with E-state index in [0.717, 1.165) is 29.7 Å². The lowest BCUT2D eigenvalue weighted by molar-refractivity contribution is -0.119. The van der Waals surface area contributed by atoms with Crippen LogP contribution in [0.1, 0.15) is 51.2 Å². The third-order valence-electron chi connectivity index (χ3n) is 4.25. The van der Waals surface area contributed by atoms with Gasteiger partial charge in [-0.3, -0.25) is 4.79 Å². The monoisotopic (exact) mass is 375 g/mol. The van der Waals surface area contributed by atoms with Crippen molar-refractivity contribution in [1.82, 2.24) is 25.5 Å². The van der Waals surface area contributed by atoms with Gasteiger partial charge < -0.3 is 5.32 Å². The number of nitrogens with zero attached hydrogens (tertiary/aromatic N) is 4. The number of rotatable bonds is 9. The highest BCUT2D eigenvalue weighted by Crippen LogP contribution is 2.23. The van der Waals surface area contributed by atoms with Gasteiger partial charge in [0.05, 0.1) is 11.4 Å². The first-order chi connectivity index (χ1) is 12.4. The Bertz CT molecular complexity index is 708. The highest BCUT2D eigenvalue weighted by Gasteiger charge is 2.15. The standard InChI is InChI=1S/C19H29N5OS/c1-13(2)8-6-11-16(5)20-17(25)12-26-19-21-22-23-24(19)18-14(3)9-7-10-15(18)4/h7,9-10,13,16H,6,8,11-12H2,1-5H3,(H,20,25)/t16-/m1/s1. The number of carbonyl (C=O) groups excluding carboxylic acids is 1. The molecule has 0 bridgehead atoms. The van der Waals surface area contributed by atoms with Gasteiger partial charge in [-0.1, -0.05) is 56.7 Å². The molecule has 0 aliphatic heterocycles. The van der Waals surface area contributed by atoms with Crippen LogP contribution in [0.3, 0.4) is 0 Å². The molecule has 0 fully saturated rings. The Hall–Kier alpha value is -1.89. The molecule has 1 aromatic heterocycles. The van der Waals surface area contributed by atoms with Gasteiger partial charge in [-0.05, 0) is 54.7 Å². The molecule has 7 heteroatoms. The van der Waals surface area contributed by atoms with Gasteiger partial charge in [-0.25, -0.2) is 0 Å². The number of aromatic nitrogens is 4. The lowest BCUT2D eigenvalue weighted by atomic mass is 10.0. The summed E-state index contributed by atoms with van der Waals surface area (Å²) in [5, 5.41) is 15.7. The average molecular weight is 376 g/mol. The molecule has 142 valence electrons. The van der Waals surface area contributed by atoms with Crippen LogP contribution < -0.4 is 5.32 Å². The molecule has 1 amide bonds. The van der Waals surface area contributed by atoms with E-state index in [0.29, 0.717) is 16.8 Å². The van der Waals surface area contributed by atoms with E-state index in [1.807, 2.05) is 32.0 Å². The van der Waals surface area contributed by atoms with Gasteiger partial charge >= 0.3 is 0 Å². The lowest BCUT2D eigenvalue weighted by Gasteiger charge is -2.14. The third-order valence-corrected chi connectivity index (χ3v) is 5.17. The summed E-state index contributed by atoms with van der Waals surface area (Å²) in [6.45, 7) is 10.6. The van der Waals surface area contributed by atoms with E-state index in [2.05, 4.69) is 41.6 Å². The third kappa shape index (κ3) is 5.83. The fourth-order valence-corrected chi connectivity index (χ4v) is 3.59. The number of aryl methyl sites for hydroxylation is 2. The van der Waals surface area contributed by atoms with Crippen LogP contribution in [0.4, 0.5) is 0 Å². The number of hydrogen-bond acceptors (Lipinski definition) is 5. The summed E-state index contributed by atoms with van der Waals surface area (Å²) in [6, 6.07) is 6.27. The number of amides is 1. The number of carbonyl (C=O) groups is 1. The SMILES string of the molecule is Cc1cccc(C)c1-n1nnnc1SCC(=O)N[C@H](C)CCCC(C)C. The van der Waals surface area contributed by atoms with Gasteiger partial charge in [-0.15, -0.1) is 5.10 Å². The molecule has 0 saturated heterocycles. The van der Waals surface area contributed by atoms with Crippen LogP contribution in [-0.2, 0) is 4.79 Å². The predicted molar refractivity (Wildman–Crippen MR) is 106 cm³/mol. The van der Waals surface area contributed by atoms with Gasteiger partial charge in [0.15, 0.2) is 0 Å². The minimum atomic E-state index is 0.0168. The molecule has 0 saturated carbocycles. The first kappa shape index (κ1) is 20.4. The molecule has 0 radical (unpaired) electrons. The second-order valence-electron chi connectivity index (χ2n) is 7.20. The van der Waals surface area contributed by atoms with Gasteiger partial charge in [0.25, 0.3) is 0 Å². The number of tetrazole rings is 1. The highest BCUT2D eigenvalue weighted by molar-refractivity contribution is 7.99. The molecule has 6 nitrogen and oxygen atoms in total. The zero-order valence-electron chi connectivity index (χ0n) is 16.3. The van der Waals surface area contributed by atoms with E-state index in [1.54, 1.807) is 4.68 Å². The van der Waals surface area contributed by atoms with Gasteiger partial charge in [-0.2, -0.15) is 4.68 Å². The Kier molecular flexibility index (Phi) is 7.63. The van der Waals surface area contributed by atoms with Crippen molar-refractivity contribution in [2.45, 2.75) is 65.1 Å². The van der Waals surface area contributed by atoms with Crippen molar-refractivity contribution in [2.75, 3.05) is 5.75 Å². The second kappa shape index (κ2) is 9.71. The Morgan fingerprint density at radius 1 is 1.19 bits per heavy atom. The molecule has 0 aliphatic rings. The average Bonchev–Trinajstić information content (AvgIpc) is 3.00. The molecule has 0 spiro atoms. The summed E-state index contributed by atoms with van der Waals surface area (Å²) in [5.41, 5.74) is 3.17. The van der Waals surface area contributed by atoms with Crippen molar-refractivity contribution in [2.24, 2.45) is 5.92 Å². The molecule has 0 unspecified atom stereocenters. The molecule has 2 aromatic rings. The number of benzene rings is 1. The van der Waals surface area contributed by atoms with Crippen LogP contribution in [0.5, 0.6) is 0 Å². The minimum absolute atomic E-state index is 0.0168. The summed E-state index contributed by atoms with van der Waals surface area (Å²) in [5.74, 6) is 1.03. The maximum Gasteiger partial charge on any atom is 0.230 e.